The minimum absolute atomic E-state index is 1.41. The van der Waals surface area contributed by atoms with Crippen molar-refractivity contribution in [3.05, 3.63) is 27.0 Å². The summed E-state index contributed by atoms with van der Waals surface area (Å²) in [5, 5.41) is 0. The van der Waals surface area contributed by atoms with E-state index in [9.17, 15) is 0 Å². The first-order valence-electron chi connectivity index (χ1n) is 3.86. The van der Waals surface area contributed by atoms with Crippen molar-refractivity contribution in [3.63, 3.8) is 0 Å². The van der Waals surface area contributed by atoms with Crippen LogP contribution in [-0.4, -0.2) is 0 Å². The zero-order chi connectivity index (χ0) is 8.43. The van der Waals surface area contributed by atoms with Gasteiger partial charge in [0.05, 0.1) is 0 Å². The molecule has 0 atom stereocenters. The van der Waals surface area contributed by atoms with Gasteiger partial charge in [-0.1, -0.05) is 12.2 Å². The van der Waals surface area contributed by atoms with Gasteiger partial charge in [0.2, 0.25) is 0 Å². The third-order valence-corrected chi connectivity index (χ3v) is 3.09. The maximum atomic E-state index is 2.19. The summed E-state index contributed by atoms with van der Waals surface area (Å²) in [7, 11) is 0. The van der Waals surface area contributed by atoms with E-state index in [-0.39, 0.29) is 0 Å². The van der Waals surface area contributed by atoms with Crippen LogP contribution in [0.15, 0.2) is 6.08 Å². The van der Waals surface area contributed by atoms with Crippen LogP contribution in [0, 0.1) is 20.8 Å². The second kappa shape index (κ2) is 3.22. The minimum atomic E-state index is 1.41. The smallest absolute Gasteiger partial charge is 0.00920 e. The van der Waals surface area contributed by atoms with Gasteiger partial charge < -0.3 is 0 Å². The molecule has 0 aromatic carbocycles. The Morgan fingerprint density at radius 3 is 2.09 bits per heavy atom. The molecule has 0 amide bonds. The third kappa shape index (κ3) is 1.54. The lowest BCUT2D eigenvalue weighted by atomic mass is 10.1. The van der Waals surface area contributed by atoms with Crippen molar-refractivity contribution in [2.45, 2.75) is 27.7 Å². The normalized spacial score (nSPS) is 11.3. The number of allylic oxidation sites excluding steroid dienone is 1. The molecule has 1 aromatic heterocycles. The fourth-order valence-electron chi connectivity index (χ4n) is 1.22. The first kappa shape index (κ1) is 8.54. The number of rotatable bonds is 1. The Balaban J connectivity index is 3.22. The van der Waals surface area contributed by atoms with Gasteiger partial charge in [-0.05, 0) is 38.8 Å². The standard InChI is InChI=1S/C10H14S/c1-5-6-10-7(2)8(3)11-9(10)4/h5-6H,1-4H3/b6-5+. The minimum Gasteiger partial charge on any atom is -0.145 e. The lowest BCUT2D eigenvalue weighted by Gasteiger charge is -1.92. The molecule has 0 aliphatic carbocycles. The van der Waals surface area contributed by atoms with E-state index in [1.54, 1.807) is 0 Å². The van der Waals surface area contributed by atoms with E-state index in [0.29, 0.717) is 0 Å². The van der Waals surface area contributed by atoms with Crippen LogP contribution in [-0.2, 0) is 0 Å². The third-order valence-electron chi connectivity index (χ3n) is 1.95. The van der Waals surface area contributed by atoms with Crippen LogP contribution in [0.1, 0.15) is 27.8 Å². The fraction of sp³-hybridized carbons (Fsp3) is 0.400. The first-order valence-corrected chi connectivity index (χ1v) is 4.67. The van der Waals surface area contributed by atoms with Gasteiger partial charge in [0.1, 0.15) is 0 Å². The number of thiophene rings is 1. The van der Waals surface area contributed by atoms with Crippen LogP contribution in [0.25, 0.3) is 6.08 Å². The zero-order valence-corrected chi connectivity index (χ0v) is 8.38. The first-order chi connectivity index (χ1) is 5.16. The second-order valence-corrected chi connectivity index (χ2v) is 4.18. The summed E-state index contributed by atoms with van der Waals surface area (Å²) in [5.74, 6) is 0. The summed E-state index contributed by atoms with van der Waals surface area (Å²) in [6.45, 7) is 8.61. The lowest BCUT2D eigenvalue weighted by Crippen LogP contribution is -1.75. The molecule has 1 heteroatoms. The molecule has 1 aromatic rings. The average molecular weight is 166 g/mol. The molecule has 0 bridgehead atoms. The Labute approximate surface area is 72.6 Å². The lowest BCUT2D eigenvalue weighted by molar-refractivity contribution is 1.40. The van der Waals surface area contributed by atoms with Gasteiger partial charge in [-0.3, -0.25) is 0 Å². The zero-order valence-electron chi connectivity index (χ0n) is 7.56. The van der Waals surface area contributed by atoms with Gasteiger partial charge in [0.15, 0.2) is 0 Å². The molecule has 0 aliphatic heterocycles. The molecular formula is C10H14S. The number of hydrogen-bond acceptors (Lipinski definition) is 1. The summed E-state index contributed by atoms with van der Waals surface area (Å²) in [6.07, 6.45) is 4.29. The van der Waals surface area contributed by atoms with E-state index in [4.69, 9.17) is 0 Å². The van der Waals surface area contributed by atoms with Crippen molar-refractivity contribution in [1.29, 1.82) is 0 Å². The Kier molecular flexibility index (Phi) is 2.50. The molecule has 0 saturated carbocycles. The van der Waals surface area contributed by atoms with Crippen molar-refractivity contribution >= 4 is 17.4 Å². The number of hydrogen-bond donors (Lipinski definition) is 0. The molecule has 0 N–H and O–H groups in total. The molecule has 0 saturated heterocycles. The number of aryl methyl sites for hydroxylation is 2. The van der Waals surface area contributed by atoms with Crippen LogP contribution >= 0.6 is 11.3 Å². The topological polar surface area (TPSA) is 0 Å². The highest BCUT2D eigenvalue weighted by Crippen LogP contribution is 2.27. The monoisotopic (exact) mass is 166 g/mol. The van der Waals surface area contributed by atoms with Crippen molar-refractivity contribution in [3.8, 4) is 0 Å². The molecule has 60 valence electrons. The van der Waals surface area contributed by atoms with Gasteiger partial charge in [-0.2, -0.15) is 0 Å². The molecule has 0 spiro atoms. The molecule has 0 nitrogen and oxygen atoms in total. The Hall–Kier alpha value is -0.560. The quantitative estimate of drug-likeness (QED) is 0.596. The van der Waals surface area contributed by atoms with Crippen LogP contribution in [0.4, 0.5) is 0 Å². The molecule has 11 heavy (non-hydrogen) atoms. The van der Waals surface area contributed by atoms with Crippen molar-refractivity contribution in [2.75, 3.05) is 0 Å². The predicted octanol–water partition coefficient (Wildman–Crippen LogP) is 3.71. The SMILES string of the molecule is C/C=C/c1c(C)sc(C)c1C. The maximum Gasteiger partial charge on any atom is 0.00920 e. The van der Waals surface area contributed by atoms with Crippen LogP contribution in [0.5, 0.6) is 0 Å². The van der Waals surface area contributed by atoms with E-state index in [1.165, 1.54) is 20.9 Å². The summed E-state index contributed by atoms with van der Waals surface area (Å²) >= 11 is 1.88. The molecule has 1 heterocycles. The van der Waals surface area contributed by atoms with Gasteiger partial charge in [-0.25, -0.2) is 0 Å². The van der Waals surface area contributed by atoms with E-state index < -0.39 is 0 Å². The van der Waals surface area contributed by atoms with Crippen LogP contribution < -0.4 is 0 Å². The van der Waals surface area contributed by atoms with Gasteiger partial charge in [0, 0.05) is 9.75 Å². The van der Waals surface area contributed by atoms with Crippen LogP contribution in [0.2, 0.25) is 0 Å². The van der Waals surface area contributed by atoms with E-state index in [0.717, 1.165) is 0 Å². The summed E-state index contributed by atoms with van der Waals surface area (Å²) in [4.78, 5) is 2.87. The highest BCUT2D eigenvalue weighted by atomic mass is 32.1. The van der Waals surface area contributed by atoms with Gasteiger partial charge in [-0.15, -0.1) is 11.3 Å². The summed E-state index contributed by atoms with van der Waals surface area (Å²) in [6, 6.07) is 0. The Morgan fingerprint density at radius 2 is 1.73 bits per heavy atom. The van der Waals surface area contributed by atoms with Gasteiger partial charge in [0.25, 0.3) is 0 Å². The van der Waals surface area contributed by atoms with Crippen molar-refractivity contribution in [2.24, 2.45) is 0 Å². The highest BCUT2D eigenvalue weighted by Gasteiger charge is 2.04. The Bertz CT molecular complexity index is 279. The second-order valence-electron chi connectivity index (χ2n) is 2.75. The van der Waals surface area contributed by atoms with E-state index >= 15 is 0 Å². The van der Waals surface area contributed by atoms with Gasteiger partial charge >= 0.3 is 0 Å². The van der Waals surface area contributed by atoms with Crippen molar-refractivity contribution in [1.82, 2.24) is 0 Å². The largest absolute Gasteiger partial charge is 0.145 e. The molecule has 0 radical (unpaired) electrons. The molecule has 0 aliphatic rings. The molecule has 1 rings (SSSR count). The van der Waals surface area contributed by atoms with E-state index in [2.05, 4.69) is 39.8 Å². The fourth-order valence-corrected chi connectivity index (χ4v) is 2.28. The summed E-state index contributed by atoms with van der Waals surface area (Å²) in [5.41, 5.74) is 2.85. The average Bonchev–Trinajstić information content (AvgIpc) is 2.17. The van der Waals surface area contributed by atoms with Crippen molar-refractivity contribution < 1.29 is 0 Å². The van der Waals surface area contributed by atoms with Crippen LogP contribution in [0.3, 0.4) is 0 Å². The molecular weight excluding hydrogens is 152 g/mol. The summed E-state index contributed by atoms with van der Waals surface area (Å²) < 4.78 is 0. The molecule has 0 fully saturated rings. The van der Waals surface area contributed by atoms with E-state index in [1.807, 2.05) is 11.3 Å². The predicted molar refractivity (Wildman–Crippen MR) is 53.2 cm³/mol. The Morgan fingerprint density at radius 1 is 1.09 bits per heavy atom. The highest BCUT2D eigenvalue weighted by molar-refractivity contribution is 7.12. The maximum absolute atomic E-state index is 2.19. The molecule has 0 unspecified atom stereocenters.